The number of benzene rings is 2. The van der Waals surface area contributed by atoms with Gasteiger partial charge in [0.15, 0.2) is 11.6 Å². The van der Waals surface area contributed by atoms with Crippen molar-refractivity contribution in [1.29, 1.82) is 0 Å². The summed E-state index contributed by atoms with van der Waals surface area (Å²) in [6.45, 7) is 3.99. The summed E-state index contributed by atoms with van der Waals surface area (Å²) in [6.07, 6.45) is -2.21. The molecule has 0 atom stereocenters. The van der Waals surface area contributed by atoms with Crippen LogP contribution in [0.25, 0.3) is 0 Å². The normalized spacial score (nSPS) is 16.4. The van der Waals surface area contributed by atoms with Crippen LogP contribution >= 0.6 is 0 Å². The number of amides is 1. The molecule has 0 aliphatic carbocycles. The third-order valence-corrected chi connectivity index (χ3v) is 6.92. The molecule has 3 aromatic rings. The van der Waals surface area contributed by atoms with E-state index in [2.05, 4.69) is 11.9 Å². The molecule has 1 aromatic heterocycles. The molecule has 6 nitrogen and oxygen atoms in total. The lowest BCUT2D eigenvalue weighted by Gasteiger charge is -2.33. The number of carbonyl (C=O) groups is 1. The number of fused-ring (bicyclic) bond motifs is 1. The number of aromatic nitrogens is 2. The van der Waals surface area contributed by atoms with Crippen LogP contribution in [-0.4, -0.2) is 40.4 Å². The lowest BCUT2D eigenvalue weighted by atomic mass is 9.99. The Morgan fingerprint density at radius 1 is 1.00 bits per heavy atom. The average molecular weight is 533 g/mol. The van der Waals surface area contributed by atoms with Gasteiger partial charge in [0.05, 0.1) is 23.4 Å². The summed E-state index contributed by atoms with van der Waals surface area (Å²) in [7, 11) is 0. The molecule has 0 spiro atoms. The number of alkyl halides is 3. The Bertz CT molecular complexity index is 1340. The molecule has 11 heteroatoms. The van der Waals surface area contributed by atoms with Crippen molar-refractivity contribution in [3.05, 3.63) is 76.5 Å². The molecule has 0 N–H and O–H groups in total. The van der Waals surface area contributed by atoms with Gasteiger partial charge in [0, 0.05) is 37.7 Å². The molecule has 0 unspecified atom stereocenters. The average Bonchev–Trinajstić information content (AvgIpc) is 2.89. The Morgan fingerprint density at radius 2 is 1.71 bits per heavy atom. The van der Waals surface area contributed by atoms with E-state index in [4.69, 9.17) is 9.72 Å². The van der Waals surface area contributed by atoms with Crippen molar-refractivity contribution in [3.8, 4) is 11.6 Å². The fraction of sp³-hybridized carbons (Fsp3) is 0.370. The number of hydrogen-bond donors (Lipinski definition) is 0. The smallest absolute Gasteiger partial charge is 0.416 e. The fourth-order valence-corrected chi connectivity index (χ4v) is 4.63. The van der Waals surface area contributed by atoms with Crippen LogP contribution in [0, 0.1) is 17.6 Å². The third-order valence-electron chi connectivity index (χ3n) is 6.92. The van der Waals surface area contributed by atoms with E-state index in [-0.39, 0.29) is 30.3 Å². The zero-order chi connectivity index (χ0) is 27.0. The summed E-state index contributed by atoms with van der Waals surface area (Å²) >= 11 is 0. The number of piperidine rings is 1. The molecule has 5 rings (SSSR count). The number of ether oxygens (including phenoxy) is 1. The first-order valence-electron chi connectivity index (χ1n) is 12.3. The zero-order valence-corrected chi connectivity index (χ0v) is 20.6. The van der Waals surface area contributed by atoms with Gasteiger partial charge in [-0.2, -0.15) is 18.2 Å². The van der Waals surface area contributed by atoms with Gasteiger partial charge in [-0.25, -0.2) is 13.8 Å². The molecule has 0 saturated carbocycles. The standard InChI is InChI=1S/C27H25F5N4O2/c1-16-8-11-35(12-9-16)26-33-22-10-13-36(25(37)17-2-4-18(5-3-17)27(30,31)32)15-20(22)24(34-26)38-23-7-6-19(28)14-21(23)29/h2-7,14,16H,8-13,15H2,1H3. The maximum Gasteiger partial charge on any atom is 0.416 e. The lowest BCUT2D eigenvalue weighted by Crippen LogP contribution is -2.38. The Hall–Kier alpha value is -3.76. The largest absolute Gasteiger partial charge is 0.435 e. The molecule has 2 aliphatic heterocycles. The summed E-state index contributed by atoms with van der Waals surface area (Å²) in [5.41, 5.74) is 0.369. The molecule has 2 aromatic carbocycles. The van der Waals surface area contributed by atoms with E-state index in [1.54, 1.807) is 0 Å². The molecule has 1 saturated heterocycles. The van der Waals surface area contributed by atoms with Crippen LogP contribution in [0.2, 0.25) is 0 Å². The third kappa shape index (κ3) is 5.41. The summed E-state index contributed by atoms with van der Waals surface area (Å²) in [6, 6.07) is 6.95. The first-order valence-corrected chi connectivity index (χ1v) is 12.3. The predicted octanol–water partition coefficient (Wildman–Crippen LogP) is 6.00. The molecular weight excluding hydrogens is 507 g/mol. The maximum absolute atomic E-state index is 14.4. The number of nitrogens with zero attached hydrogens (tertiary/aromatic N) is 4. The van der Waals surface area contributed by atoms with Crippen LogP contribution in [-0.2, 0) is 19.1 Å². The second kappa shape index (κ2) is 10.2. The van der Waals surface area contributed by atoms with Gasteiger partial charge in [0.25, 0.3) is 5.91 Å². The van der Waals surface area contributed by atoms with Crippen LogP contribution in [0.3, 0.4) is 0 Å². The summed E-state index contributed by atoms with van der Waals surface area (Å²) < 4.78 is 72.5. The van der Waals surface area contributed by atoms with Crippen molar-refractivity contribution < 1.29 is 31.5 Å². The van der Waals surface area contributed by atoms with Gasteiger partial charge in [-0.3, -0.25) is 4.79 Å². The van der Waals surface area contributed by atoms with Crippen LogP contribution in [0.1, 0.15) is 46.9 Å². The van der Waals surface area contributed by atoms with Crippen LogP contribution in [0.5, 0.6) is 11.6 Å². The van der Waals surface area contributed by atoms with E-state index in [1.165, 1.54) is 4.90 Å². The van der Waals surface area contributed by atoms with E-state index in [1.807, 2.05) is 4.90 Å². The summed E-state index contributed by atoms with van der Waals surface area (Å²) in [5, 5.41) is 0. The van der Waals surface area contributed by atoms with Gasteiger partial charge < -0.3 is 14.5 Å². The topological polar surface area (TPSA) is 58.6 Å². The van der Waals surface area contributed by atoms with Crippen molar-refractivity contribution in [3.63, 3.8) is 0 Å². The minimum atomic E-state index is -4.51. The number of rotatable bonds is 4. The van der Waals surface area contributed by atoms with E-state index in [0.717, 1.165) is 62.3 Å². The molecular formula is C27H25F5N4O2. The van der Waals surface area contributed by atoms with Crippen molar-refractivity contribution in [2.75, 3.05) is 24.5 Å². The minimum Gasteiger partial charge on any atom is -0.435 e. The monoisotopic (exact) mass is 532 g/mol. The van der Waals surface area contributed by atoms with Crippen molar-refractivity contribution >= 4 is 11.9 Å². The van der Waals surface area contributed by atoms with Crippen LogP contribution in [0.4, 0.5) is 27.9 Å². The fourth-order valence-electron chi connectivity index (χ4n) is 4.63. The van der Waals surface area contributed by atoms with Crippen molar-refractivity contribution in [2.24, 2.45) is 5.92 Å². The Kier molecular flexibility index (Phi) is 6.93. The highest BCUT2D eigenvalue weighted by Crippen LogP contribution is 2.34. The quantitative estimate of drug-likeness (QED) is 0.386. The molecule has 0 bridgehead atoms. The Labute approximate surface area is 216 Å². The van der Waals surface area contributed by atoms with Gasteiger partial charge in [-0.1, -0.05) is 6.92 Å². The first-order chi connectivity index (χ1) is 18.1. The number of halogens is 5. The highest BCUT2D eigenvalue weighted by atomic mass is 19.4. The molecule has 38 heavy (non-hydrogen) atoms. The second-order valence-corrected chi connectivity index (χ2v) is 9.65. The van der Waals surface area contributed by atoms with Gasteiger partial charge >= 0.3 is 6.18 Å². The van der Waals surface area contributed by atoms with Crippen LogP contribution in [0.15, 0.2) is 42.5 Å². The van der Waals surface area contributed by atoms with Gasteiger partial charge in [0.1, 0.15) is 5.82 Å². The summed E-state index contributed by atoms with van der Waals surface area (Å²) in [4.78, 5) is 25.9. The van der Waals surface area contributed by atoms with Crippen LogP contribution < -0.4 is 9.64 Å². The molecule has 200 valence electrons. The van der Waals surface area contributed by atoms with E-state index in [0.29, 0.717) is 35.6 Å². The second-order valence-electron chi connectivity index (χ2n) is 9.65. The molecule has 1 fully saturated rings. The number of carbonyl (C=O) groups excluding carboxylic acids is 1. The van der Waals surface area contributed by atoms with Crippen molar-refractivity contribution in [2.45, 2.75) is 38.9 Å². The zero-order valence-electron chi connectivity index (χ0n) is 20.6. The first kappa shape index (κ1) is 25.9. The maximum atomic E-state index is 14.4. The number of hydrogen-bond acceptors (Lipinski definition) is 5. The Morgan fingerprint density at radius 3 is 2.37 bits per heavy atom. The lowest BCUT2D eigenvalue weighted by molar-refractivity contribution is -0.137. The highest BCUT2D eigenvalue weighted by Gasteiger charge is 2.32. The van der Waals surface area contributed by atoms with E-state index >= 15 is 0 Å². The van der Waals surface area contributed by atoms with E-state index < -0.39 is 29.3 Å². The SMILES string of the molecule is CC1CCN(c2nc3c(c(Oc4ccc(F)cc4F)n2)CN(C(=O)c2ccc(C(F)(F)F)cc2)CC3)CC1. The number of anilines is 1. The molecule has 0 radical (unpaired) electrons. The predicted molar refractivity (Wildman–Crippen MR) is 129 cm³/mol. The van der Waals surface area contributed by atoms with Crippen molar-refractivity contribution in [1.82, 2.24) is 14.9 Å². The highest BCUT2D eigenvalue weighted by molar-refractivity contribution is 5.94. The minimum absolute atomic E-state index is 0.0185. The summed E-state index contributed by atoms with van der Waals surface area (Å²) in [5.74, 6) is -1.27. The molecule has 1 amide bonds. The van der Waals surface area contributed by atoms with Gasteiger partial charge in [-0.15, -0.1) is 0 Å². The van der Waals surface area contributed by atoms with Gasteiger partial charge in [-0.05, 0) is 55.2 Å². The Balaban J connectivity index is 1.45. The van der Waals surface area contributed by atoms with Gasteiger partial charge in [0.2, 0.25) is 11.8 Å². The molecule has 2 aliphatic rings. The van der Waals surface area contributed by atoms with E-state index in [9.17, 15) is 26.7 Å². The molecule has 3 heterocycles.